The van der Waals surface area contributed by atoms with Crippen molar-refractivity contribution in [3.63, 3.8) is 0 Å². The summed E-state index contributed by atoms with van der Waals surface area (Å²) in [6.45, 7) is 0.674. The summed E-state index contributed by atoms with van der Waals surface area (Å²) in [5, 5.41) is 4.32. The highest BCUT2D eigenvalue weighted by Crippen LogP contribution is 2.19. The molecule has 1 rings (SSSR count). The largest absolute Gasteiger partial charge is 0.352 e. The Hall–Kier alpha value is 0.190. The summed E-state index contributed by atoms with van der Waals surface area (Å²) in [4.78, 5) is 11.6. The van der Waals surface area contributed by atoms with Gasteiger partial charge in [-0.2, -0.15) is 0 Å². The molecule has 0 spiro atoms. The van der Waals surface area contributed by atoms with Gasteiger partial charge in [0.25, 0.3) is 5.91 Å². The van der Waals surface area contributed by atoms with Gasteiger partial charge in [-0.3, -0.25) is 4.79 Å². The number of halogens is 3. The van der Waals surface area contributed by atoms with Gasteiger partial charge in [-0.1, -0.05) is 27.5 Å². The van der Waals surface area contributed by atoms with Crippen LogP contribution in [0, 0.1) is 3.57 Å². The summed E-state index contributed by atoms with van der Waals surface area (Å²) in [6.07, 6.45) is 0.920. The molecule has 82 valence electrons. The number of rotatable bonds is 4. The number of hydrogen-bond donors (Lipinski definition) is 1. The van der Waals surface area contributed by atoms with Crippen LogP contribution in [0.1, 0.15) is 16.8 Å². The van der Waals surface area contributed by atoms with E-state index in [-0.39, 0.29) is 5.91 Å². The first kappa shape index (κ1) is 13.3. The van der Waals surface area contributed by atoms with Crippen LogP contribution < -0.4 is 5.32 Å². The van der Waals surface area contributed by atoms with Crippen molar-refractivity contribution in [2.45, 2.75) is 6.42 Å². The van der Waals surface area contributed by atoms with Crippen LogP contribution in [0.3, 0.4) is 0 Å². The lowest BCUT2D eigenvalue weighted by Gasteiger charge is -2.04. The molecule has 0 radical (unpaired) electrons. The van der Waals surface area contributed by atoms with Crippen LogP contribution in [0.15, 0.2) is 18.2 Å². The molecule has 0 unspecified atom stereocenters. The van der Waals surface area contributed by atoms with Crippen LogP contribution in [-0.4, -0.2) is 17.8 Å². The SMILES string of the molecule is O=C(NCCCBr)c1ccc(I)c(Cl)c1. The maximum absolute atomic E-state index is 11.6. The molecule has 0 atom stereocenters. The fraction of sp³-hybridized carbons (Fsp3) is 0.300. The monoisotopic (exact) mass is 401 g/mol. The Morgan fingerprint density at radius 3 is 2.87 bits per heavy atom. The van der Waals surface area contributed by atoms with Crippen molar-refractivity contribution in [3.8, 4) is 0 Å². The van der Waals surface area contributed by atoms with Crippen molar-refractivity contribution in [1.82, 2.24) is 5.32 Å². The Labute approximate surface area is 116 Å². The summed E-state index contributed by atoms with van der Waals surface area (Å²) in [5.41, 5.74) is 0.606. The van der Waals surface area contributed by atoms with E-state index in [1.807, 2.05) is 6.07 Å². The number of nitrogens with one attached hydrogen (secondary N) is 1. The van der Waals surface area contributed by atoms with E-state index in [9.17, 15) is 4.79 Å². The van der Waals surface area contributed by atoms with Gasteiger partial charge < -0.3 is 5.32 Å². The molecule has 0 bridgehead atoms. The van der Waals surface area contributed by atoms with E-state index in [4.69, 9.17) is 11.6 Å². The standard InChI is InChI=1S/C10H10BrClINO/c11-4-1-5-14-10(15)7-2-3-9(13)8(12)6-7/h2-3,6H,1,4-5H2,(H,14,15). The normalized spacial score (nSPS) is 10.1. The van der Waals surface area contributed by atoms with Crippen LogP contribution in [0.4, 0.5) is 0 Å². The number of benzene rings is 1. The van der Waals surface area contributed by atoms with Gasteiger partial charge >= 0.3 is 0 Å². The maximum atomic E-state index is 11.6. The third kappa shape index (κ3) is 4.28. The Morgan fingerprint density at radius 2 is 2.27 bits per heavy atom. The smallest absolute Gasteiger partial charge is 0.251 e. The van der Waals surface area contributed by atoms with Gasteiger partial charge in [0.2, 0.25) is 0 Å². The zero-order valence-corrected chi connectivity index (χ0v) is 12.4. The third-order valence-electron chi connectivity index (χ3n) is 1.78. The summed E-state index contributed by atoms with van der Waals surface area (Å²) < 4.78 is 0.950. The molecule has 0 saturated carbocycles. The maximum Gasteiger partial charge on any atom is 0.251 e. The van der Waals surface area contributed by atoms with Crippen molar-refractivity contribution in [2.75, 3.05) is 11.9 Å². The van der Waals surface area contributed by atoms with Crippen LogP contribution in [-0.2, 0) is 0 Å². The quantitative estimate of drug-likeness (QED) is 0.467. The number of alkyl halides is 1. The zero-order chi connectivity index (χ0) is 11.3. The molecule has 1 N–H and O–H groups in total. The van der Waals surface area contributed by atoms with Gasteiger partial charge in [0.1, 0.15) is 0 Å². The molecular formula is C10H10BrClINO. The first-order chi connectivity index (χ1) is 7.15. The number of amides is 1. The van der Waals surface area contributed by atoms with E-state index in [1.165, 1.54) is 0 Å². The average molecular weight is 402 g/mol. The zero-order valence-electron chi connectivity index (χ0n) is 7.90. The van der Waals surface area contributed by atoms with Gasteiger partial charge in [0, 0.05) is 21.0 Å². The first-order valence-corrected chi connectivity index (χ1v) is 7.02. The lowest BCUT2D eigenvalue weighted by atomic mass is 10.2. The van der Waals surface area contributed by atoms with Gasteiger partial charge in [0.15, 0.2) is 0 Å². The van der Waals surface area contributed by atoms with E-state index in [2.05, 4.69) is 43.8 Å². The molecular weight excluding hydrogens is 392 g/mol. The Bertz CT molecular complexity index is 359. The first-order valence-electron chi connectivity index (χ1n) is 4.44. The van der Waals surface area contributed by atoms with Crippen molar-refractivity contribution < 1.29 is 4.79 Å². The van der Waals surface area contributed by atoms with E-state index < -0.39 is 0 Å². The van der Waals surface area contributed by atoms with Gasteiger partial charge in [0.05, 0.1) is 5.02 Å². The van der Waals surface area contributed by atoms with Crippen molar-refractivity contribution in [3.05, 3.63) is 32.4 Å². The molecule has 0 saturated heterocycles. The lowest BCUT2D eigenvalue weighted by molar-refractivity contribution is 0.0954. The summed E-state index contributed by atoms with van der Waals surface area (Å²) in [6, 6.07) is 5.30. The third-order valence-corrected chi connectivity index (χ3v) is 3.91. The fourth-order valence-electron chi connectivity index (χ4n) is 1.01. The molecule has 0 heterocycles. The minimum Gasteiger partial charge on any atom is -0.352 e. The Balaban J connectivity index is 2.62. The van der Waals surface area contributed by atoms with E-state index in [0.29, 0.717) is 17.1 Å². The summed E-state index contributed by atoms with van der Waals surface area (Å²) in [5.74, 6) is -0.0748. The average Bonchev–Trinajstić information content (AvgIpc) is 2.22. The second kappa shape index (κ2) is 6.70. The molecule has 0 aromatic heterocycles. The second-order valence-corrected chi connectivity index (χ2v) is 5.29. The highest BCUT2D eigenvalue weighted by atomic mass is 127. The minimum absolute atomic E-state index is 0.0748. The molecule has 0 aliphatic rings. The Morgan fingerprint density at radius 1 is 1.53 bits per heavy atom. The molecule has 1 aromatic rings. The Kier molecular flexibility index (Phi) is 5.92. The minimum atomic E-state index is -0.0748. The van der Waals surface area contributed by atoms with E-state index >= 15 is 0 Å². The number of hydrogen-bond acceptors (Lipinski definition) is 1. The van der Waals surface area contributed by atoms with Crippen LogP contribution >= 0.6 is 50.1 Å². The van der Waals surface area contributed by atoms with Crippen molar-refractivity contribution >= 4 is 56.0 Å². The van der Waals surface area contributed by atoms with E-state index in [1.54, 1.807) is 12.1 Å². The summed E-state index contributed by atoms with van der Waals surface area (Å²) >= 11 is 11.4. The molecule has 5 heteroatoms. The highest BCUT2D eigenvalue weighted by Gasteiger charge is 2.06. The molecule has 0 aliphatic heterocycles. The van der Waals surface area contributed by atoms with Crippen molar-refractivity contribution in [2.24, 2.45) is 0 Å². The van der Waals surface area contributed by atoms with Gasteiger partial charge in [-0.05, 0) is 47.2 Å². The molecule has 1 aromatic carbocycles. The van der Waals surface area contributed by atoms with Crippen LogP contribution in [0.2, 0.25) is 5.02 Å². The highest BCUT2D eigenvalue weighted by molar-refractivity contribution is 14.1. The predicted octanol–water partition coefficient (Wildman–Crippen LogP) is 3.46. The number of carbonyl (C=O) groups excluding carboxylic acids is 1. The lowest BCUT2D eigenvalue weighted by Crippen LogP contribution is -2.24. The van der Waals surface area contributed by atoms with Crippen LogP contribution in [0.5, 0.6) is 0 Å². The van der Waals surface area contributed by atoms with Crippen LogP contribution in [0.25, 0.3) is 0 Å². The van der Waals surface area contributed by atoms with E-state index in [0.717, 1.165) is 15.3 Å². The molecule has 1 amide bonds. The van der Waals surface area contributed by atoms with Gasteiger partial charge in [-0.25, -0.2) is 0 Å². The van der Waals surface area contributed by atoms with Gasteiger partial charge in [-0.15, -0.1) is 0 Å². The molecule has 0 aliphatic carbocycles. The molecule has 0 fully saturated rings. The topological polar surface area (TPSA) is 29.1 Å². The fourth-order valence-corrected chi connectivity index (χ4v) is 1.80. The second-order valence-electron chi connectivity index (χ2n) is 2.93. The number of carbonyl (C=O) groups is 1. The van der Waals surface area contributed by atoms with Crippen molar-refractivity contribution in [1.29, 1.82) is 0 Å². The summed E-state index contributed by atoms with van der Waals surface area (Å²) in [7, 11) is 0. The molecule has 15 heavy (non-hydrogen) atoms. The predicted molar refractivity (Wildman–Crippen MR) is 74.9 cm³/mol. The molecule has 2 nitrogen and oxygen atoms in total.